The summed E-state index contributed by atoms with van der Waals surface area (Å²) >= 11 is 0. The average molecular weight is 372 g/mol. The molecule has 3 aromatic rings. The molecule has 26 heavy (non-hydrogen) atoms. The molecule has 1 aliphatic heterocycles. The summed E-state index contributed by atoms with van der Waals surface area (Å²) in [7, 11) is -3.21. The van der Waals surface area contributed by atoms with Gasteiger partial charge in [-0.25, -0.2) is 22.7 Å². The summed E-state index contributed by atoms with van der Waals surface area (Å²) in [6.07, 6.45) is 7.38. The van der Waals surface area contributed by atoms with Crippen LogP contribution in [0, 0.1) is 5.92 Å². The number of hydrogen-bond acceptors (Lipinski definition) is 4. The third-order valence-electron chi connectivity index (χ3n) is 5.09. The predicted octanol–water partition coefficient (Wildman–Crippen LogP) is 3.28. The van der Waals surface area contributed by atoms with Gasteiger partial charge >= 0.3 is 0 Å². The van der Waals surface area contributed by atoms with Gasteiger partial charge in [-0.15, -0.1) is 0 Å². The Labute approximate surface area is 153 Å². The van der Waals surface area contributed by atoms with E-state index >= 15 is 0 Å². The third kappa shape index (κ3) is 3.10. The van der Waals surface area contributed by atoms with Crippen LogP contribution in [0.1, 0.15) is 38.2 Å². The Bertz CT molecular complexity index is 1040. The maximum absolute atomic E-state index is 12.7. The van der Waals surface area contributed by atoms with Crippen LogP contribution in [0.2, 0.25) is 0 Å². The van der Waals surface area contributed by atoms with Crippen LogP contribution in [0.4, 0.5) is 0 Å². The van der Waals surface area contributed by atoms with E-state index < -0.39 is 10.0 Å². The van der Waals surface area contributed by atoms with Gasteiger partial charge in [0, 0.05) is 36.3 Å². The molecule has 0 aliphatic carbocycles. The topological polar surface area (TPSA) is 79.0 Å². The second kappa shape index (κ2) is 6.63. The van der Waals surface area contributed by atoms with Crippen molar-refractivity contribution in [3.05, 3.63) is 36.3 Å². The Hall–Kier alpha value is -1.99. The smallest absolute Gasteiger partial charge is 0.214 e. The summed E-state index contributed by atoms with van der Waals surface area (Å²) in [6, 6.07) is 4.07. The minimum absolute atomic E-state index is 0.133. The molecule has 1 unspecified atom stereocenters. The summed E-state index contributed by atoms with van der Waals surface area (Å²) < 4.78 is 27.1. The van der Waals surface area contributed by atoms with E-state index in [9.17, 15) is 8.42 Å². The number of piperidine rings is 1. The summed E-state index contributed by atoms with van der Waals surface area (Å²) in [5.74, 6) is 0.529. The van der Waals surface area contributed by atoms with Crippen molar-refractivity contribution in [2.75, 3.05) is 18.8 Å². The van der Waals surface area contributed by atoms with Gasteiger partial charge in [0.15, 0.2) is 5.65 Å². The minimum atomic E-state index is -3.21. The van der Waals surface area contributed by atoms with Crippen LogP contribution in [0.25, 0.3) is 21.9 Å². The molecule has 0 bridgehead atoms. The zero-order valence-corrected chi connectivity index (χ0v) is 16.0. The van der Waals surface area contributed by atoms with Gasteiger partial charge in [0.25, 0.3) is 0 Å². The molecule has 1 fully saturated rings. The highest BCUT2D eigenvalue weighted by Gasteiger charge is 2.31. The van der Waals surface area contributed by atoms with Gasteiger partial charge in [-0.2, -0.15) is 0 Å². The normalized spacial score (nSPS) is 19.6. The first-order chi connectivity index (χ1) is 12.5. The number of pyridine rings is 2. The highest BCUT2D eigenvalue weighted by molar-refractivity contribution is 7.89. The molecular formula is C19H24N4O2S. The highest BCUT2D eigenvalue weighted by atomic mass is 32.2. The summed E-state index contributed by atoms with van der Waals surface area (Å²) in [6.45, 7) is 5.07. The van der Waals surface area contributed by atoms with Gasteiger partial charge in [-0.1, -0.05) is 13.8 Å². The van der Waals surface area contributed by atoms with Crippen molar-refractivity contribution in [2.24, 2.45) is 5.92 Å². The van der Waals surface area contributed by atoms with Crippen molar-refractivity contribution in [1.29, 1.82) is 0 Å². The number of rotatable bonds is 4. The number of H-pyrrole nitrogens is 1. The number of aromatic amines is 1. The molecule has 0 spiro atoms. The number of aromatic nitrogens is 3. The van der Waals surface area contributed by atoms with Crippen molar-refractivity contribution < 1.29 is 8.42 Å². The largest absolute Gasteiger partial charge is 0.360 e. The number of nitrogens with zero attached hydrogens (tertiary/aromatic N) is 3. The number of fused-ring (bicyclic) bond motifs is 3. The fourth-order valence-corrected chi connectivity index (χ4v) is 5.87. The number of nitrogens with one attached hydrogen (secondary N) is 1. The molecule has 1 aliphatic rings. The van der Waals surface area contributed by atoms with Crippen molar-refractivity contribution in [2.45, 2.75) is 32.6 Å². The molecule has 1 atom stereocenters. The van der Waals surface area contributed by atoms with Gasteiger partial charge < -0.3 is 4.98 Å². The van der Waals surface area contributed by atoms with Crippen LogP contribution < -0.4 is 0 Å². The van der Waals surface area contributed by atoms with E-state index in [4.69, 9.17) is 0 Å². The molecule has 1 saturated heterocycles. The fourth-order valence-electron chi connectivity index (χ4n) is 4.00. The van der Waals surface area contributed by atoms with Crippen LogP contribution in [-0.2, 0) is 10.0 Å². The van der Waals surface area contributed by atoms with Crippen LogP contribution in [0.5, 0.6) is 0 Å². The second-order valence-electron chi connectivity index (χ2n) is 7.53. The maximum atomic E-state index is 12.7. The maximum Gasteiger partial charge on any atom is 0.214 e. The van der Waals surface area contributed by atoms with E-state index in [1.807, 2.05) is 32.3 Å². The zero-order chi connectivity index (χ0) is 18.3. The molecule has 0 saturated carbocycles. The molecule has 3 aromatic heterocycles. The quantitative estimate of drug-likeness (QED) is 0.762. The van der Waals surface area contributed by atoms with Crippen molar-refractivity contribution >= 4 is 32.0 Å². The van der Waals surface area contributed by atoms with Gasteiger partial charge in [-0.05, 0) is 42.4 Å². The van der Waals surface area contributed by atoms with Gasteiger partial charge in [-0.3, -0.25) is 0 Å². The molecule has 4 rings (SSSR count). The first-order valence-corrected chi connectivity index (χ1v) is 10.7. The molecule has 7 heteroatoms. The van der Waals surface area contributed by atoms with Crippen LogP contribution in [0.3, 0.4) is 0 Å². The Morgan fingerprint density at radius 3 is 2.96 bits per heavy atom. The Morgan fingerprint density at radius 2 is 2.15 bits per heavy atom. The molecule has 0 aromatic carbocycles. The standard InChI is InChI=1S/C19H24N4O2S/c1-13(2)12-26(24,25)23-9-3-4-14(11-23)15-5-7-20-17-10-22-19-16(18(15)17)6-8-21-19/h5-8,10,13-14,20H,3-4,9,11-12H2,1-2H3. The van der Waals surface area contributed by atoms with E-state index in [1.165, 1.54) is 5.56 Å². The molecule has 4 heterocycles. The minimum Gasteiger partial charge on any atom is -0.360 e. The zero-order valence-electron chi connectivity index (χ0n) is 15.1. The Morgan fingerprint density at radius 1 is 1.31 bits per heavy atom. The van der Waals surface area contributed by atoms with Crippen molar-refractivity contribution in [3.8, 4) is 0 Å². The van der Waals surface area contributed by atoms with E-state index in [2.05, 4.69) is 21.0 Å². The Balaban J connectivity index is 1.75. The Kier molecular flexibility index (Phi) is 4.44. The lowest BCUT2D eigenvalue weighted by molar-refractivity contribution is 0.315. The highest BCUT2D eigenvalue weighted by Crippen LogP contribution is 2.35. The summed E-state index contributed by atoms with van der Waals surface area (Å²) in [4.78, 5) is 12.0. The van der Waals surface area contributed by atoms with E-state index in [0.29, 0.717) is 13.1 Å². The van der Waals surface area contributed by atoms with Gasteiger partial charge in [0.2, 0.25) is 10.0 Å². The van der Waals surface area contributed by atoms with E-state index in [-0.39, 0.29) is 17.6 Å². The lowest BCUT2D eigenvalue weighted by Gasteiger charge is -2.33. The van der Waals surface area contributed by atoms with E-state index in [0.717, 1.165) is 34.8 Å². The first-order valence-electron chi connectivity index (χ1n) is 9.14. The summed E-state index contributed by atoms with van der Waals surface area (Å²) in [5.41, 5.74) is 2.88. The van der Waals surface area contributed by atoms with Crippen LogP contribution in [-0.4, -0.2) is 46.5 Å². The molecule has 138 valence electrons. The number of hydrogen-bond donors (Lipinski definition) is 1. The van der Waals surface area contributed by atoms with E-state index in [1.54, 1.807) is 10.5 Å². The fraction of sp³-hybridized carbons (Fsp3) is 0.474. The molecule has 0 amide bonds. The van der Waals surface area contributed by atoms with Crippen LogP contribution >= 0.6 is 0 Å². The number of sulfonamides is 1. The van der Waals surface area contributed by atoms with Crippen LogP contribution in [0.15, 0.2) is 30.7 Å². The second-order valence-corrected chi connectivity index (χ2v) is 9.55. The molecule has 6 nitrogen and oxygen atoms in total. The van der Waals surface area contributed by atoms with Gasteiger partial charge in [0.05, 0.1) is 17.5 Å². The molecule has 1 N–H and O–H groups in total. The first kappa shape index (κ1) is 17.4. The lowest BCUT2D eigenvalue weighted by Crippen LogP contribution is -2.41. The van der Waals surface area contributed by atoms with Gasteiger partial charge in [0.1, 0.15) is 0 Å². The van der Waals surface area contributed by atoms with Crippen molar-refractivity contribution in [3.63, 3.8) is 0 Å². The molecule has 0 radical (unpaired) electrons. The lowest BCUT2D eigenvalue weighted by atomic mass is 9.89. The van der Waals surface area contributed by atoms with Crippen molar-refractivity contribution in [1.82, 2.24) is 19.3 Å². The summed E-state index contributed by atoms with van der Waals surface area (Å²) in [5, 5.41) is 2.14. The molecular weight excluding hydrogens is 348 g/mol. The SMILES string of the molecule is CC(C)CS(=O)(=O)N1CCCC(c2cc[nH]c3cnc4nccc4c23)C1. The third-order valence-corrected chi connectivity index (χ3v) is 7.29. The monoisotopic (exact) mass is 372 g/mol. The predicted molar refractivity (Wildman–Crippen MR) is 104 cm³/mol. The average Bonchev–Trinajstić information content (AvgIpc) is 3.09.